The van der Waals surface area contributed by atoms with Crippen molar-refractivity contribution in [1.82, 2.24) is 25.0 Å². The van der Waals surface area contributed by atoms with E-state index >= 15 is 0 Å². The van der Waals surface area contributed by atoms with Gasteiger partial charge in [0.05, 0.1) is 6.54 Å². The zero-order chi connectivity index (χ0) is 19.1. The average molecular weight is 374 g/mol. The Morgan fingerprint density at radius 2 is 2.22 bits per heavy atom. The van der Waals surface area contributed by atoms with E-state index in [1.54, 1.807) is 15.3 Å². The van der Waals surface area contributed by atoms with Crippen LogP contribution in [0.2, 0.25) is 0 Å². The third-order valence-electron chi connectivity index (χ3n) is 4.52. The van der Waals surface area contributed by atoms with Crippen LogP contribution in [0.4, 0.5) is 4.39 Å². The summed E-state index contributed by atoms with van der Waals surface area (Å²) >= 11 is 0. The Bertz CT molecular complexity index is 841. The van der Waals surface area contributed by atoms with E-state index in [1.807, 2.05) is 13.0 Å². The number of guanidine groups is 1. The highest BCUT2D eigenvalue weighted by Gasteiger charge is 2.16. The van der Waals surface area contributed by atoms with Crippen LogP contribution in [0.15, 0.2) is 34.1 Å². The highest BCUT2D eigenvalue weighted by molar-refractivity contribution is 5.79. The summed E-state index contributed by atoms with van der Waals surface area (Å²) in [4.78, 5) is 16.8. The van der Waals surface area contributed by atoms with Gasteiger partial charge in [0.1, 0.15) is 11.6 Å². The first-order valence-corrected chi connectivity index (χ1v) is 9.60. The third kappa shape index (κ3) is 5.18. The number of hydrogen-bond donors (Lipinski definition) is 2. The highest BCUT2D eigenvalue weighted by atomic mass is 19.1. The molecule has 1 aliphatic rings. The van der Waals surface area contributed by atoms with Gasteiger partial charge in [-0.1, -0.05) is 12.1 Å². The van der Waals surface area contributed by atoms with E-state index < -0.39 is 0 Å². The van der Waals surface area contributed by atoms with Gasteiger partial charge in [0.2, 0.25) is 0 Å². The molecule has 2 aromatic rings. The first-order valence-electron chi connectivity index (χ1n) is 9.60. The number of benzene rings is 1. The minimum absolute atomic E-state index is 0.00335. The molecule has 0 spiro atoms. The topological polar surface area (TPSA) is 76.2 Å². The van der Waals surface area contributed by atoms with Gasteiger partial charge in [-0.3, -0.25) is 4.57 Å². The quantitative estimate of drug-likeness (QED) is 0.439. The van der Waals surface area contributed by atoms with Crippen molar-refractivity contribution in [2.24, 2.45) is 4.99 Å². The second-order valence-corrected chi connectivity index (χ2v) is 6.64. The molecule has 0 bridgehead atoms. The standard InChI is InChI=1S/C19H27FN6O/c1-2-21-18(23-14-15-7-5-8-16(20)13-15)22-10-6-12-26-19(27)25-11-4-3-9-17(25)24-26/h5,7-8,13H,2-4,6,9-12,14H2,1H3,(H2,21,22,23). The van der Waals surface area contributed by atoms with Crippen molar-refractivity contribution >= 4 is 5.96 Å². The van der Waals surface area contributed by atoms with Crippen LogP contribution in [0.1, 0.15) is 37.6 Å². The fourth-order valence-corrected chi connectivity index (χ4v) is 3.18. The van der Waals surface area contributed by atoms with Crippen LogP contribution in [0.3, 0.4) is 0 Å². The van der Waals surface area contributed by atoms with Crippen LogP contribution in [-0.4, -0.2) is 33.4 Å². The Kier molecular flexibility index (Phi) is 6.62. The summed E-state index contributed by atoms with van der Waals surface area (Å²) in [6, 6.07) is 6.44. The number of rotatable bonds is 7. The Morgan fingerprint density at radius 1 is 1.33 bits per heavy atom. The molecule has 0 saturated carbocycles. The third-order valence-corrected chi connectivity index (χ3v) is 4.52. The highest BCUT2D eigenvalue weighted by Crippen LogP contribution is 2.09. The minimum Gasteiger partial charge on any atom is -0.357 e. The molecule has 1 aromatic carbocycles. The minimum atomic E-state index is -0.256. The van der Waals surface area contributed by atoms with Gasteiger partial charge in [0, 0.05) is 32.6 Å². The lowest BCUT2D eigenvalue weighted by molar-refractivity contribution is 0.509. The zero-order valence-corrected chi connectivity index (χ0v) is 15.7. The molecule has 0 unspecified atom stereocenters. The maximum atomic E-state index is 13.3. The molecule has 3 rings (SSSR count). The van der Waals surface area contributed by atoms with E-state index in [0.29, 0.717) is 25.6 Å². The number of aryl methyl sites for hydroxylation is 2. The van der Waals surface area contributed by atoms with Gasteiger partial charge in [-0.05, 0) is 43.9 Å². The first-order chi connectivity index (χ1) is 13.2. The Labute approximate surface area is 158 Å². The average Bonchev–Trinajstić information content (AvgIpc) is 2.99. The van der Waals surface area contributed by atoms with Crippen LogP contribution in [0.5, 0.6) is 0 Å². The summed E-state index contributed by atoms with van der Waals surface area (Å²) < 4.78 is 16.6. The summed E-state index contributed by atoms with van der Waals surface area (Å²) in [5.74, 6) is 1.33. The summed E-state index contributed by atoms with van der Waals surface area (Å²) in [6.45, 7) is 5.17. The van der Waals surface area contributed by atoms with Crippen molar-refractivity contribution in [1.29, 1.82) is 0 Å². The number of nitrogens with zero attached hydrogens (tertiary/aromatic N) is 4. The maximum Gasteiger partial charge on any atom is 0.345 e. The fraction of sp³-hybridized carbons (Fsp3) is 0.526. The lowest BCUT2D eigenvalue weighted by Gasteiger charge is -2.11. The molecule has 7 nitrogen and oxygen atoms in total. The Balaban J connectivity index is 1.50. The summed E-state index contributed by atoms with van der Waals surface area (Å²) in [6.07, 6.45) is 3.80. The molecule has 0 atom stereocenters. The van der Waals surface area contributed by atoms with E-state index in [1.165, 1.54) is 12.1 Å². The van der Waals surface area contributed by atoms with Crippen LogP contribution >= 0.6 is 0 Å². The number of aliphatic imine (C=N–C) groups is 1. The molecule has 0 fully saturated rings. The molecule has 146 valence electrons. The lowest BCUT2D eigenvalue weighted by atomic mass is 10.2. The van der Waals surface area contributed by atoms with E-state index in [9.17, 15) is 9.18 Å². The number of hydrogen-bond acceptors (Lipinski definition) is 3. The first kappa shape index (κ1) is 19.1. The van der Waals surface area contributed by atoms with Crippen molar-refractivity contribution in [3.05, 3.63) is 52.0 Å². The van der Waals surface area contributed by atoms with Crippen LogP contribution in [0.25, 0.3) is 0 Å². The fourth-order valence-electron chi connectivity index (χ4n) is 3.18. The van der Waals surface area contributed by atoms with Crippen molar-refractivity contribution < 1.29 is 4.39 Å². The second-order valence-electron chi connectivity index (χ2n) is 6.64. The van der Waals surface area contributed by atoms with Gasteiger partial charge < -0.3 is 10.6 Å². The number of fused-ring (bicyclic) bond motifs is 1. The van der Waals surface area contributed by atoms with Gasteiger partial charge in [0.15, 0.2) is 5.96 Å². The second kappa shape index (κ2) is 9.34. The largest absolute Gasteiger partial charge is 0.357 e. The summed E-state index contributed by atoms with van der Waals surface area (Å²) in [5, 5.41) is 10.9. The van der Waals surface area contributed by atoms with Crippen LogP contribution < -0.4 is 16.3 Å². The molecule has 2 heterocycles. The maximum absolute atomic E-state index is 13.3. The van der Waals surface area contributed by atoms with E-state index in [0.717, 1.165) is 50.2 Å². The van der Waals surface area contributed by atoms with Gasteiger partial charge >= 0.3 is 5.69 Å². The normalized spacial score (nSPS) is 14.1. The molecule has 2 N–H and O–H groups in total. The molecule has 0 amide bonds. The number of nitrogens with one attached hydrogen (secondary N) is 2. The number of aromatic nitrogens is 3. The van der Waals surface area contributed by atoms with Gasteiger partial charge in [0.25, 0.3) is 0 Å². The zero-order valence-electron chi connectivity index (χ0n) is 15.7. The van der Waals surface area contributed by atoms with Gasteiger partial charge in [-0.25, -0.2) is 18.9 Å². The molecule has 1 aliphatic heterocycles. The van der Waals surface area contributed by atoms with Crippen LogP contribution in [0, 0.1) is 5.82 Å². The van der Waals surface area contributed by atoms with E-state index in [4.69, 9.17) is 0 Å². The summed E-state index contributed by atoms with van der Waals surface area (Å²) in [7, 11) is 0. The molecule has 1 aromatic heterocycles. The monoisotopic (exact) mass is 374 g/mol. The Hall–Kier alpha value is -2.64. The molecular weight excluding hydrogens is 347 g/mol. The SMILES string of the molecule is CCNC(=NCc1cccc(F)c1)NCCCn1nc2n(c1=O)CCCC2. The predicted molar refractivity (Wildman–Crippen MR) is 103 cm³/mol. The molecule has 27 heavy (non-hydrogen) atoms. The van der Waals surface area contributed by atoms with E-state index in [-0.39, 0.29) is 11.5 Å². The lowest BCUT2D eigenvalue weighted by Crippen LogP contribution is -2.38. The smallest absolute Gasteiger partial charge is 0.345 e. The molecule has 0 aliphatic carbocycles. The Morgan fingerprint density at radius 3 is 3.00 bits per heavy atom. The van der Waals surface area contributed by atoms with Crippen molar-refractivity contribution in [3.8, 4) is 0 Å². The molecular formula is C19H27FN6O. The van der Waals surface area contributed by atoms with Gasteiger partial charge in [-0.15, -0.1) is 0 Å². The van der Waals surface area contributed by atoms with Crippen molar-refractivity contribution in [2.75, 3.05) is 13.1 Å². The van der Waals surface area contributed by atoms with Crippen molar-refractivity contribution in [2.45, 2.75) is 52.2 Å². The molecule has 0 radical (unpaired) electrons. The van der Waals surface area contributed by atoms with Gasteiger partial charge in [-0.2, -0.15) is 5.10 Å². The molecule has 8 heteroatoms. The van der Waals surface area contributed by atoms with E-state index in [2.05, 4.69) is 20.7 Å². The molecule has 0 saturated heterocycles. The summed E-state index contributed by atoms with van der Waals surface area (Å²) in [5.41, 5.74) is 0.818. The van der Waals surface area contributed by atoms with Crippen LogP contribution in [-0.2, 0) is 26.1 Å². The van der Waals surface area contributed by atoms with Crippen molar-refractivity contribution in [3.63, 3.8) is 0 Å². The predicted octanol–water partition coefficient (Wildman–Crippen LogP) is 1.67. The number of halogens is 1.